The zero-order valence-corrected chi connectivity index (χ0v) is 9.06. The van der Waals surface area contributed by atoms with Crippen LogP contribution in [-0.2, 0) is 0 Å². The van der Waals surface area contributed by atoms with E-state index in [1.54, 1.807) is 12.1 Å². The van der Waals surface area contributed by atoms with Crippen LogP contribution in [0.15, 0.2) is 18.2 Å². The Hall–Kier alpha value is -0.800. The fraction of sp³-hybridized carbons (Fsp3) is 0.455. The average Bonchev–Trinajstić information content (AvgIpc) is 2.73. The number of hydrogen-bond acceptors (Lipinski definition) is 2. The molecule has 1 saturated heterocycles. The molecule has 0 amide bonds. The highest BCUT2D eigenvalue weighted by atomic mass is 35.5. The van der Waals surface area contributed by atoms with Gasteiger partial charge in [-0.15, -0.1) is 0 Å². The molecule has 0 saturated carbocycles. The predicted octanol–water partition coefficient (Wildman–Crippen LogP) is 2.61. The monoisotopic (exact) mass is 229 g/mol. The molecule has 0 spiro atoms. The van der Waals surface area contributed by atoms with Gasteiger partial charge >= 0.3 is 0 Å². The standard InChI is InChI=1S/C11H13ClFNO/c12-9-4-1-5-10(11(9)13)15-7-8-3-2-6-14-8/h1,4-5,8,14H,2-3,6-7H2/t8-/m0/s1. The Kier molecular flexibility index (Phi) is 3.44. The minimum atomic E-state index is -0.475. The molecule has 15 heavy (non-hydrogen) atoms. The Bertz CT molecular complexity index is 339. The molecule has 0 bridgehead atoms. The van der Waals surface area contributed by atoms with Crippen LogP contribution in [0.3, 0.4) is 0 Å². The normalized spacial score (nSPS) is 20.5. The maximum atomic E-state index is 13.4. The fourth-order valence-electron chi connectivity index (χ4n) is 1.68. The quantitative estimate of drug-likeness (QED) is 0.861. The van der Waals surface area contributed by atoms with Gasteiger partial charge in [0, 0.05) is 6.04 Å². The Morgan fingerprint density at radius 3 is 3.13 bits per heavy atom. The molecule has 4 heteroatoms. The summed E-state index contributed by atoms with van der Waals surface area (Å²) in [6, 6.07) is 5.12. The zero-order valence-electron chi connectivity index (χ0n) is 8.30. The third-order valence-corrected chi connectivity index (χ3v) is 2.81. The van der Waals surface area contributed by atoms with E-state index < -0.39 is 5.82 Å². The van der Waals surface area contributed by atoms with Gasteiger partial charge in [0.05, 0.1) is 5.02 Å². The van der Waals surface area contributed by atoms with Crippen molar-refractivity contribution in [3.63, 3.8) is 0 Å². The Morgan fingerprint density at radius 2 is 2.40 bits per heavy atom. The summed E-state index contributed by atoms with van der Waals surface area (Å²) in [5.41, 5.74) is 0. The van der Waals surface area contributed by atoms with Gasteiger partial charge < -0.3 is 10.1 Å². The summed E-state index contributed by atoms with van der Waals surface area (Å²) in [4.78, 5) is 0. The summed E-state index contributed by atoms with van der Waals surface area (Å²) in [7, 11) is 0. The van der Waals surface area contributed by atoms with Crippen molar-refractivity contribution in [3.05, 3.63) is 29.0 Å². The second-order valence-electron chi connectivity index (χ2n) is 3.66. The predicted molar refractivity (Wildman–Crippen MR) is 57.9 cm³/mol. The maximum Gasteiger partial charge on any atom is 0.183 e. The second kappa shape index (κ2) is 4.81. The van der Waals surface area contributed by atoms with Gasteiger partial charge in [-0.2, -0.15) is 0 Å². The van der Waals surface area contributed by atoms with Gasteiger partial charge in [0.1, 0.15) is 6.61 Å². The molecule has 0 unspecified atom stereocenters. The number of nitrogens with one attached hydrogen (secondary N) is 1. The molecule has 0 radical (unpaired) electrons. The lowest BCUT2D eigenvalue weighted by atomic mass is 10.2. The summed E-state index contributed by atoms with van der Waals surface area (Å²) in [5, 5.41) is 3.38. The van der Waals surface area contributed by atoms with Crippen molar-refractivity contribution in [2.75, 3.05) is 13.2 Å². The topological polar surface area (TPSA) is 21.3 Å². The fourth-order valence-corrected chi connectivity index (χ4v) is 1.85. The molecule has 82 valence electrons. The van der Waals surface area contributed by atoms with E-state index in [0.717, 1.165) is 19.4 Å². The van der Waals surface area contributed by atoms with Crippen LogP contribution < -0.4 is 10.1 Å². The van der Waals surface area contributed by atoms with Gasteiger partial charge in [-0.25, -0.2) is 4.39 Å². The van der Waals surface area contributed by atoms with Gasteiger partial charge in [0.2, 0.25) is 0 Å². The molecule has 1 N–H and O–H groups in total. The number of hydrogen-bond donors (Lipinski definition) is 1. The molecule has 2 nitrogen and oxygen atoms in total. The third-order valence-electron chi connectivity index (χ3n) is 2.52. The SMILES string of the molecule is Fc1c(Cl)cccc1OC[C@@H]1CCCN1. The first-order valence-corrected chi connectivity index (χ1v) is 5.45. The van der Waals surface area contributed by atoms with Crippen molar-refractivity contribution in [1.29, 1.82) is 0 Å². The zero-order chi connectivity index (χ0) is 10.7. The van der Waals surface area contributed by atoms with E-state index in [1.165, 1.54) is 6.07 Å². The van der Waals surface area contributed by atoms with E-state index in [0.29, 0.717) is 12.6 Å². The Morgan fingerprint density at radius 1 is 1.53 bits per heavy atom. The highest BCUT2D eigenvalue weighted by Gasteiger charge is 2.15. The van der Waals surface area contributed by atoms with E-state index in [1.807, 2.05) is 0 Å². The van der Waals surface area contributed by atoms with Crippen molar-refractivity contribution in [3.8, 4) is 5.75 Å². The first-order chi connectivity index (χ1) is 7.27. The summed E-state index contributed by atoms with van der Waals surface area (Å²) in [5.74, 6) is -0.242. The molecular weight excluding hydrogens is 217 g/mol. The van der Waals surface area contributed by atoms with Crippen LogP contribution in [0.5, 0.6) is 5.75 Å². The van der Waals surface area contributed by atoms with Gasteiger partial charge in [-0.1, -0.05) is 17.7 Å². The number of benzene rings is 1. The first-order valence-electron chi connectivity index (χ1n) is 5.07. The molecular formula is C11H13ClFNO. The average molecular weight is 230 g/mol. The smallest absolute Gasteiger partial charge is 0.183 e. The molecule has 1 heterocycles. The largest absolute Gasteiger partial charge is 0.489 e. The van der Waals surface area contributed by atoms with Crippen LogP contribution in [0, 0.1) is 5.82 Å². The van der Waals surface area contributed by atoms with Gasteiger partial charge in [0.15, 0.2) is 11.6 Å². The van der Waals surface area contributed by atoms with E-state index >= 15 is 0 Å². The molecule has 0 aromatic heterocycles. The highest BCUT2D eigenvalue weighted by Crippen LogP contribution is 2.24. The Labute approximate surface area is 93.4 Å². The van der Waals surface area contributed by atoms with Crippen LogP contribution in [0.25, 0.3) is 0 Å². The van der Waals surface area contributed by atoms with E-state index in [-0.39, 0.29) is 10.8 Å². The molecule has 1 atom stereocenters. The van der Waals surface area contributed by atoms with Crippen LogP contribution in [0.1, 0.15) is 12.8 Å². The summed E-state index contributed by atoms with van der Waals surface area (Å²) >= 11 is 5.64. The number of rotatable bonds is 3. The maximum absolute atomic E-state index is 13.4. The van der Waals surface area contributed by atoms with Crippen LogP contribution in [0.4, 0.5) is 4.39 Å². The lowest BCUT2D eigenvalue weighted by Crippen LogP contribution is -2.28. The van der Waals surface area contributed by atoms with E-state index in [9.17, 15) is 4.39 Å². The minimum absolute atomic E-state index is 0.104. The van der Waals surface area contributed by atoms with E-state index in [2.05, 4.69) is 5.32 Å². The van der Waals surface area contributed by atoms with Crippen molar-refractivity contribution >= 4 is 11.6 Å². The van der Waals surface area contributed by atoms with Gasteiger partial charge in [-0.3, -0.25) is 0 Å². The lowest BCUT2D eigenvalue weighted by molar-refractivity contribution is 0.265. The summed E-state index contributed by atoms with van der Waals surface area (Å²) in [6.45, 7) is 1.52. The van der Waals surface area contributed by atoms with Crippen LogP contribution >= 0.6 is 11.6 Å². The van der Waals surface area contributed by atoms with Gasteiger partial charge in [0.25, 0.3) is 0 Å². The highest BCUT2D eigenvalue weighted by molar-refractivity contribution is 6.30. The lowest BCUT2D eigenvalue weighted by Gasteiger charge is -2.12. The molecule has 1 aliphatic rings. The molecule has 0 aliphatic carbocycles. The van der Waals surface area contributed by atoms with Crippen LogP contribution in [0.2, 0.25) is 5.02 Å². The Balaban J connectivity index is 1.95. The van der Waals surface area contributed by atoms with Crippen molar-refractivity contribution < 1.29 is 9.13 Å². The molecule has 1 fully saturated rings. The third kappa shape index (κ3) is 2.61. The number of ether oxygens (including phenoxy) is 1. The molecule has 1 aromatic rings. The molecule has 2 rings (SSSR count). The molecule has 1 aliphatic heterocycles. The van der Waals surface area contributed by atoms with Crippen molar-refractivity contribution in [1.82, 2.24) is 5.32 Å². The van der Waals surface area contributed by atoms with Crippen molar-refractivity contribution in [2.24, 2.45) is 0 Å². The minimum Gasteiger partial charge on any atom is -0.489 e. The second-order valence-corrected chi connectivity index (χ2v) is 4.06. The van der Waals surface area contributed by atoms with Gasteiger partial charge in [-0.05, 0) is 31.5 Å². The summed E-state index contributed by atoms with van der Waals surface area (Å²) < 4.78 is 18.8. The number of halogens is 2. The summed E-state index contributed by atoms with van der Waals surface area (Å²) in [6.07, 6.45) is 2.24. The van der Waals surface area contributed by atoms with E-state index in [4.69, 9.17) is 16.3 Å². The van der Waals surface area contributed by atoms with Crippen molar-refractivity contribution in [2.45, 2.75) is 18.9 Å². The first kappa shape index (κ1) is 10.7. The molecule has 1 aromatic carbocycles. The van der Waals surface area contributed by atoms with Crippen LogP contribution in [-0.4, -0.2) is 19.2 Å².